The second kappa shape index (κ2) is 7.90. The lowest BCUT2D eigenvalue weighted by atomic mass is 9.94. The lowest BCUT2D eigenvalue weighted by Crippen LogP contribution is -2.28. The fraction of sp³-hybridized carbons (Fsp3) is 0.346. The van der Waals surface area contributed by atoms with Gasteiger partial charge in [0, 0.05) is 17.3 Å². The van der Waals surface area contributed by atoms with Crippen LogP contribution in [0.5, 0.6) is 17.4 Å². The van der Waals surface area contributed by atoms with Crippen molar-refractivity contribution in [1.29, 1.82) is 0 Å². The molecule has 0 saturated heterocycles. The average Bonchev–Trinajstić information content (AvgIpc) is 3.55. The van der Waals surface area contributed by atoms with E-state index in [1.54, 1.807) is 19.4 Å². The molecule has 1 fully saturated rings. The molecule has 1 aliphatic heterocycles. The molecule has 0 unspecified atom stereocenters. The predicted octanol–water partition coefficient (Wildman–Crippen LogP) is 5.38. The molecular formula is C26H25F2N3O4. The fourth-order valence-corrected chi connectivity index (χ4v) is 4.44. The van der Waals surface area contributed by atoms with Gasteiger partial charge in [0.25, 0.3) is 0 Å². The molecule has 2 aliphatic rings. The van der Waals surface area contributed by atoms with E-state index in [-0.39, 0.29) is 17.4 Å². The Bertz CT molecular complexity index is 1370. The second-order valence-electron chi connectivity index (χ2n) is 9.09. The summed E-state index contributed by atoms with van der Waals surface area (Å²) >= 11 is 0. The van der Waals surface area contributed by atoms with Crippen LogP contribution in [-0.4, -0.2) is 29.3 Å². The van der Waals surface area contributed by atoms with Crippen LogP contribution < -0.4 is 19.5 Å². The molecule has 1 aromatic carbocycles. The molecule has 1 aliphatic carbocycles. The Kier molecular flexibility index (Phi) is 5.19. The number of aryl methyl sites for hydroxylation is 1. The molecule has 0 radical (unpaired) electrons. The minimum Gasteiger partial charge on any atom is -0.481 e. The summed E-state index contributed by atoms with van der Waals surface area (Å²) in [6.45, 7) is 7.86. The number of hydrogen-bond donors (Lipinski definition) is 1. The van der Waals surface area contributed by atoms with E-state index in [0.29, 0.717) is 30.1 Å². The molecule has 9 heteroatoms. The van der Waals surface area contributed by atoms with Gasteiger partial charge in [-0.1, -0.05) is 6.07 Å². The fourth-order valence-electron chi connectivity index (χ4n) is 4.44. The topological polar surface area (TPSA) is 82.6 Å². The molecule has 7 nitrogen and oxygen atoms in total. The number of rotatable bonds is 5. The molecule has 3 heterocycles. The number of anilines is 1. The van der Waals surface area contributed by atoms with Crippen LogP contribution >= 0.6 is 0 Å². The van der Waals surface area contributed by atoms with E-state index in [9.17, 15) is 13.6 Å². The highest BCUT2D eigenvalue weighted by Gasteiger charge is 2.53. The van der Waals surface area contributed by atoms with Gasteiger partial charge in [-0.25, -0.2) is 9.97 Å². The molecule has 5 rings (SSSR count). The number of nitrogens with zero attached hydrogens (tertiary/aromatic N) is 2. The van der Waals surface area contributed by atoms with E-state index in [0.717, 1.165) is 33.5 Å². The smallest absolute Gasteiger partial charge is 0.481 e. The first-order valence-corrected chi connectivity index (χ1v) is 11.3. The molecule has 1 N–H and O–H groups in total. The summed E-state index contributed by atoms with van der Waals surface area (Å²) in [7, 11) is 1.58. The van der Waals surface area contributed by atoms with Gasteiger partial charge in [-0.15, -0.1) is 8.78 Å². The first-order chi connectivity index (χ1) is 16.5. The third-order valence-electron chi connectivity index (χ3n) is 6.96. The van der Waals surface area contributed by atoms with E-state index in [4.69, 9.17) is 9.72 Å². The van der Waals surface area contributed by atoms with Crippen molar-refractivity contribution < 1.29 is 27.8 Å². The number of aromatic nitrogens is 2. The van der Waals surface area contributed by atoms with E-state index < -0.39 is 11.7 Å². The first kappa shape index (κ1) is 23.0. The van der Waals surface area contributed by atoms with Crippen molar-refractivity contribution in [3.05, 3.63) is 58.3 Å². The number of carbonyl (C=O) groups excluding carboxylic acids is 1. The number of fused-ring (bicyclic) bond motifs is 1. The number of hydrogen-bond acceptors (Lipinski definition) is 6. The minimum absolute atomic E-state index is 0.0470. The van der Waals surface area contributed by atoms with Crippen LogP contribution in [-0.2, 0) is 10.2 Å². The number of amides is 1. The van der Waals surface area contributed by atoms with Crippen LogP contribution in [0.4, 0.5) is 14.6 Å². The Hall–Kier alpha value is -3.75. The molecule has 0 spiro atoms. The van der Waals surface area contributed by atoms with Crippen LogP contribution in [0.1, 0.15) is 40.7 Å². The number of methoxy groups -OCH3 is 1. The third-order valence-corrected chi connectivity index (χ3v) is 6.96. The van der Waals surface area contributed by atoms with Crippen molar-refractivity contribution in [2.45, 2.75) is 52.2 Å². The molecular weight excluding hydrogens is 456 g/mol. The van der Waals surface area contributed by atoms with Gasteiger partial charge in [0.2, 0.25) is 11.8 Å². The molecule has 3 aromatic rings. The van der Waals surface area contributed by atoms with Crippen molar-refractivity contribution in [1.82, 2.24) is 9.97 Å². The van der Waals surface area contributed by atoms with Gasteiger partial charge in [-0.05, 0) is 81.0 Å². The maximum atomic E-state index is 13.4. The maximum absolute atomic E-state index is 13.4. The highest BCUT2D eigenvalue weighted by Crippen LogP contribution is 2.52. The summed E-state index contributed by atoms with van der Waals surface area (Å²) in [5.41, 5.74) is 5.22. The number of nitrogens with one attached hydrogen (secondary N) is 1. The van der Waals surface area contributed by atoms with E-state index in [2.05, 4.69) is 19.8 Å². The van der Waals surface area contributed by atoms with E-state index in [1.807, 2.05) is 33.8 Å². The van der Waals surface area contributed by atoms with Gasteiger partial charge < -0.3 is 19.5 Å². The van der Waals surface area contributed by atoms with Gasteiger partial charge in [0.15, 0.2) is 11.5 Å². The van der Waals surface area contributed by atoms with Crippen molar-refractivity contribution in [2.24, 2.45) is 0 Å². The summed E-state index contributed by atoms with van der Waals surface area (Å²) < 4.78 is 41.2. The lowest BCUT2D eigenvalue weighted by Gasteiger charge is -2.18. The van der Waals surface area contributed by atoms with Crippen LogP contribution in [0.3, 0.4) is 0 Å². The summed E-state index contributed by atoms with van der Waals surface area (Å²) in [5.74, 6) is 0.609. The molecule has 2 aromatic heterocycles. The van der Waals surface area contributed by atoms with Crippen molar-refractivity contribution >= 4 is 11.7 Å². The maximum Gasteiger partial charge on any atom is 0.586 e. The molecule has 0 bridgehead atoms. The van der Waals surface area contributed by atoms with Gasteiger partial charge in [-0.3, -0.25) is 4.79 Å². The number of halogens is 2. The summed E-state index contributed by atoms with van der Waals surface area (Å²) in [4.78, 5) is 22.5. The van der Waals surface area contributed by atoms with Crippen LogP contribution in [0.2, 0.25) is 0 Å². The monoisotopic (exact) mass is 481 g/mol. The van der Waals surface area contributed by atoms with Crippen LogP contribution in [0, 0.1) is 27.7 Å². The summed E-state index contributed by atoms with van der Waals surface area (Å²) in [5, 5.41) is 2.95. The summed E-state index contributed by atoms with van der Waals surface area (Å²) in [6, 6.07) is 6.32. The zero-order valence-electron chi connectivity index (χ0n) is 20.1. The Morgan fingerprint density at radius 2 is 1.74 bits per heavy atom. The minimum atomic E-state index is -3.70. The Labute approximate surface area is 201 Å². The Morgan fingerprint density at radius 3 is 2.43 bits per heavy atom. The van der Waals surface area contributed by atoms with Crippen molar-refractivity contribution in [2.75, 3.05) is 12.4 Å². The molecule has 182 valence electrons. The highest BCUT2D eigenvalue weighted by atomic mass is 19.3. The highest BCUT2D eigenvalue weighted by molar-refractivity contribution is 6.01. The molecule has 1 amide bonds. The van der Waals surface area contributed by atoms with Gasteiger partial charge >= 0.3 is 6.29 Å². The standard InChI is InChI=1S/C26H25F2N3O4/c1-13-10-21(30-22(14(13)2)18-12-29-23(33-5)16(4)15(18)3)31-24(32)25(8-9-25)17-6-7-19-20(11-17)35-26(27,28)34-19/h6-7,10-12H,8-9H2,1-5H3,(H,30,31,32). The Balaban J connectivity index is 1.45. The largest absolute Gasteiger partial charge is 0.586 e. The Morgan fingerprint density at radius 1 is 1.03 bits per heavy atom. The number of ether oxygens (including phenoxy) is 3. The molecule has 35 heavy (non-hydrogen) atoms. The second-order valence-corrected chi connectivity index (χ2v) is 9.09. The molecule has 0 atom stereocenters. The first-order valence-electron chi connectivity index (χ1n) is 11.3. The van der Waals surface area contributed by atoms with Crippen molar-refractivity contribution in [3.63, 3.8) is 0 Å². The van der Waals surface area contributed by atoms with Crippen LogP contribution in [0.25, 0.3) is 11.3 Å². The normalized spacial score (nSPS) is 16.7. The number of benzene rings is 1. The van der Waals surface area contributed by atoms with Crippen molar-refractivity contribution in [3.8, 4) is 28.6 Å². The van der Waals surface area contributed by atoms with Gasteiger partial charge in [0.05, 0.1) is 18.2 Å². The van der Waals surface area contributed by atoms with E-state index >= 15 is 0 Å². The summed E-state index contributed by atoms with van der Waals surface area (Å²) in [6.07, 6.45) is -0.792. The molecule has 1 saturated carbocycles. The van der Waals surface area contributed by atoms with E-state index in [1.165, 1.54) is 12.1 Å². The van der Waals surface area contributed by atoms with Gasteiger partial charge in [0.1, 0.15) is 5.82 Å². The quantitative estimate of drug-likeness (QED) is 0.527. The predicted molar refractivity (Wildman–Crippen MR) is 125 cm³/mol. The lowest BCUT2D eigenvalue weighted by molar-refractivity contribution is -0.286. The number of pyridine rings is 2. The average molecular weight is 481 g/mol. The third kappa shape index (κ3) is 3.84. The zero-order valence-corrected chi connectivity index (χ0v) is 20.1. The van der Waals surface area contributed by atoms with Crippen LogP contribution in [0.15, 0.2) is 30.5 Å². The SMILES string of the molecule is COc1ncc(-c2nc(NC(=O)C3(c4ccc5c(c4)OC(F)(F)O5)CC3)cc(C)c2C)c(C)c1C. The number of carbonyl (C=O) groups is 1. The number of alkyl halides is 2. The zero-order chi connectivity index (χ0) is 25.1. The van der Waals surface area contributed by atoms with Gasteiger partial charge in [-0.2, -0.15) is 0 Å².